The van der Waals surface area contributed by atoms with Crippen LogP contribution in [0.5, 0.6) is 0 Å². The molecule has 1 aliphatic heterocycles. The van der Waals surface area contributed by atoms with Crippen molar-refractivity contribution in [1.82, 2.24) is 10.3 Å². The second-order valence-electron chi connectivity index (χ2n) is 6.77. The largest absolute Gasteiger partial charge is 0.379 e. The highest BCUT2D eigenvalue weighted by molar-refractivity contribution is 5.77. The molecule has 1 fully saturated rings. The summed E-state index contributed by atoms with van der Waals surface area (Å²) >= 11 is 0. The van der Waals surface area contributed by atoms with Crippen molar-refractivity contribution in [1.29, 1.82) is 0 Å². The van der Waals surface area contributed by atoms with E-state index in [0.717, 1.165) is 51.3 Å². The van der Waals surface area contributed by atoms with Crippen molar-refractivity contribution in [3.05, 3.63) is 70.8 Å². The lowest BCUT2D eigenvalue weighted by Crippen LogP contribution is -2.35. The van der Waals surface area contributed by atoms with E-state index >= 15 is 0 Å². The molecular weight excluding hydrogens is 326 g/mol. The van der Waals surface area contributed by atoms with E-state index in [-0.39, 0.29) is 5.91 Å². The van der Waals surface area contributed by atoms with Crippen LogP contribution in [0.4, 0.5) is 0 Å². The molecule has 0 bridgehead atoms. The standard InChI is InChI=1S/C21H27N3O2/c22-23-21(25)15-19-8-5-17(6-9-19)4-7-18-2-1-3-20(14-18)16-24-10-12-26-13-11-24/h1-3,5-6,8-9,14H,4,7,10-13,15-16,22H2,(H,23,25). The highest BCUT2D eigenvalue weighted by atomic mass is 16.5. The summed E-state index contributed by atoms with van der Waals surface area (Å²) in [7, 11) is 0. The minimum Gasteiger partial charge on any atom is -0.379 e. The van der Waals surface area contributed by atoms with Crippen LogP contribution in [0.25, 0.3) is 0 Å². The summed E-state index contributed by atoms with van der Waals surface area (Å²) in [5.74, 6) is 4.95. The van der Waals surface area contributed by atoms with Gasteiger partial charge >= 0.3 is 0 Å². The summed E-state index contributed by atoms with van der Waals surface area (Å²) in [6, 6.07) is 17.1. The zero-order valence-corrected chi connectivity index (χ0v) is 15.1. The predicted octanol–water partition coefficient (Wildman–Crippen LogP) is 1.84. The van der Waals surface area contributed by atoms with E-state index in [1.165, 1.54) is 16.7 Å². The van der Waals surface area contributed by atoms with E-state index in [2.05, 4.69) is 46.7 Å². The Labute approximate surface area is 155 Å². The van der Waals surface area contributed by atoms with Gasteiger partial charge in [0.1, 0.15) is 0 Å². The van der Waals surface area contributed by atoms with E-state index in [1.54, 1.807) is 0 Å². The van der Waals surface area contributed by atoms with Crippen molar-refractivity contribution in [2.24, 2.45) is 5.84 Å². The number of benzene rings is 2. The quantitative estimate of drug-likeness (QED) is 0.453. The zero-order valence-electron chi connectivity index (χ0n) is 15.1. The van der Waals surface area contributed by atoms with Gasteiger partial charge in [-0.25, -0.2) is 5.84 Å². The van der Waals surface area contributed by atoms with Gasteiger partial charge in [0.25, 0.3) is 0 Å². The summed E-state index contributed by atoms with van der Waals surface area (Å²) in [4.78, 5) is 13.7. The lowest BCUT2D eigenvalue weighted by molar-refractivity contribution is -0.120. The second-order valence-corrected chi connectivity index (χ2v) is 6.77. The average Bonchev–Trinajstić information content (AvgIpc) is 2.68. The molecule has 0 atom stereocenters. The number of hydrogen-bond acceptors (Lipinski definition) is 4. The van der Waals surface area contributed by atoms with Crippen LogP contribution in [-0.2, 0) is 35.3 Å². The number of amides is 1. The van der Waals surface area contributed by atoms with Crippen LogP contribution >= 0.6 is 0 Å². The van der Waals surface area contributed by atoms with Gasteiger partial charge in [0.15, 0.2) is 0 Å². The normalized spacial score (nSPS) is 15.0. The van der Waals surface area contributed by atoms with Gasteiger partial charge in [0.05, 0.1) is 19.6 Å². The van der Waals surface area contributed by atoms with Gasteiger partial charge in [-0.2, -0.15) is 0 Å². The number of ether oxygens (including phenoxy) is 1. The molecule has 0 unspecified atom stereocenters. The Bertz CT molecular complexity index is 709. The van der Waals surface area contributed by atoms with E-state index < -0.39 is 0 Å². The van der Waals surface area contributed by atoms with Gasteiger partial charge < -0.3 is 4.74 Å². The lowest BCUT2D eigenvalue weighted by atomic mass is 10.0. The molecule has 1 aliphatic rings. The zero-order chi connectivity index (χ0) is 18.2. The Morgan fingerprint density at radius 2 is 1.62 bits per heavy atom. The van der Waals surface area contributed by atoms with Crippen LogP contribution in [0.1, 0.15) is 22.3 Å². The topological polar surface area (TPSA) is 67.6 Å². The summed E-state index contributed by atoms with van der Waals surface area (Å²) in [5, 5.41) is 0. The third-order valence-electron chi connectivity index (χ3n) is 4.75. The Morgan fingerprint density at radius 1 is 0.962 bits per heavy atom. The molecule has 26 heavy (non-hydrogen) atoms. The van der Waals surface area contributed by atoms with Gasteiger partial charge in [0, 0.05) is 19.6 Å². The second kappa shape index (κ2) is 9.48. The number of hydrogen-bond donors (Lipinski definition) is 2. The van der Waals surface area contributed by atoms with E-state index in [0.29, 0.717) is 6.42 Å². The van der Waals surface area contributed by atoms with Crippen LogP contribution < -0.4 is 11.3 Å². The summed E-state index contributed by atoms with van der Waals surface area (Å²) in [6.45, 7) is 4.69. The number of hydrazine groups is 1. The maximum Gasteiger partial charge on any atom is 0.238 e. The number of morpholine rings is 1. The summed E-state index contributed by atoms with van der Waals surface area (Å²) in [5.41, 5.74) is 7.15. The van der Waals surface area contributed by atoms with Crippen molar-refractivity contribution in [3.63, 3.8) is 0 Å². The SMILES string of the molecule is NNC(=O)Cc1ccc(CCc2cccc(CN3CCOCC3)c2)cc1. The van der Waals surface area contributed by atoms with Gasteiger partial charge in [-0.1, -0.05) is 48.5 Å². The first-order chi connectivity index (χ1) is 12.7. The van der Waals surface area contributed by atoms with E-state index in [4.69, 9.17) is 10.6 Å². The average molecular weight is 353 g/mol. The Balaban J connectivity index is 1.52. The van der Waals surface area contributed by atoms with Gasteiger partial charge in [-0.15, -0.1) is 0 Å². The number of nitrogens with zero attached hydrogens (tertiary/aromatic N) is 1. The molecule has 5 heteroatoms. The number of carbonyl (C=O) groups is 1. The molecule has 1 saturated heterocycles. The first-order valence-electron chi connectivity index (χ1n) is 9.18. The number of aryl methyl sites for hydroxylation is 2. The van der Waals surface area contributed by atoms with Crippen molar-refractivity contribution in [3.8, 4) is 0 Å². The molecular formula is C21H27N3O2. The minimum atomic E-state index is -0.171. The minimum absolute atomic E-state index is 0.171. The van der Waals surface area contributed by atoms with Crippen LogP contribution in [0, 0.1) is 0 Å². The van der Waals surface area contributed by atoms with Crippen molar-refractivity contribution < 1.29 is 9.53 Å². The first kappa shape index (κ1) is 18.6. The molecule has 1 heterocycles. The Morgan fingerprint density at radius 3 is 2.35 bits per heavy atom. The fourth-order valence-electron chi connectivity index (χ4n) is 3.25. The van der Waals surface area contributed by atoms with Crippen molar-refractivity contribution >= 4 is 5.91 Å². The molecule has 0 saturated carbocycles. The Kier molecular flexibility index (Phi) is 6.77. The highest BCUT2D eigenvalue weighted by Crippen LogP contribution is 2.13. The van der Waals surface area contributed by atoms with Gasteiger partial charge in [-0.05, 0) is 35.1 Å². The molecule has 0 aromatic heterocycles. The summed E-state index contributed by atoms with van der Waals surface area (Å²) < 4.78 is 5.41. The van der Waals surface area contributed by atoms with E-state index in [1.807, 2.05) is 12.1 Å². The molecule has 1 amide bonds. The molecule has 3 N–H and O–H groups in total. The third-order valence-corrected chi connectivity index (χ3v) is 4.75. The van der Waals surface area contributed by atoms with Crippen molar-refractivity contribution in [2.75, 3.05) is 26.3 Å². The Hall–Kier alpha value is -2.21. The first-order valence-corrected chi connectivity index (χ1v) is 9.18. The molecule has 0 aliphatic carbocycles. The van der Waals surface area contributed by atoms with Gasteiger partial charge in [0.2, 0.25) is 5.91 Å². The smallest absolute Gasteiger partial charge is 0.238 e. The maximum absolute atomic E-state index is 11.3. The fourth-order valence-corrected chi connectivity index (χ4v) is 3.25. The van der Waals surface area contributed by atoms with Crippen LogP contribution in [0.3, 0.4) is 0 Å². The maximum atomic E-state index is 11.3. The van der Waals surface area contributed by atoms with Crippen LogP contribution in [0.15, 0.2) is 48.5 Å². The number of nitrogens with one attached hydrogen (secondary N) is 1. The molecule has 0 spiro atoms. The lowest BCUT2D eigenvalue weighted by Gasteiger charge is -2.26. The molecule has 138 valence electrons. The summed E-state index contributed by atoms with van der Waals surface area (Å²) in [6.07, 6.45) is 2.32. The predicted molar refractivity (Wildman–Crippen MR) is 102 cm³/mol. The number of rotatable bonds is 7. The molecule has 2 aromatic rings. The highest BCUT2D eigenvalue weighted by Gasteiger charge is 2.10. The monoisotopic (exact) mass is 353 g/mol. The molecule has 2 aromatic carbocycles. The third kappa shape index (κ3) is 5.66. The van der Waals surface area contributed by atoms with Gasteiger partial charge in [-0.3, -0.25) is 15.1 Å². The molecule has 0 radical (unpaired) electrons. The molecule has 5 nitrogen and oxygen atoms in total. The molecule has 3 rings (SSSR count). The number of carbonyl (C=O) groups excluding carboxylic acids is 1. The van der Waals surface area contributed by atoms with E-state index in [9.17, 15) is 4.79 Å². The fraction of sp³-hybridized carbons (Fsp3) is 0.381. The van der Waals surface area contributed by atoms with Crippen molar-refractivity contribution in [2.45, 2.75) is 25.8 Å². The number of nitrogens with two attached hydrogens (primary N) is 1. The van der Waals surface area contributed by atoms with Crippen LogP contribution in [0.2, 0.25) is 0 Å². The van der Waals surface area contributed by atoms with Crippen LogP contribution in [-0.4, -0.2) is 37.1 Å².